The van der Waals surface area contributed by atoms with E-state index in [1.165, 1.54) is 19.1 Å². The van der Waals surface area contributed by atoms with Gasteiger partial charge >= 0.3 is 6.18 Å². The van der Waals surface area contributed by atoms with Gasteiger partial charge in [-0.1, -0.05) is 22.0 Å². The Hall–Kier alpha value is -0.620. The molecule has 1 aromatic carbocycles. The van der Waals surface area contributed by atoms with Gasteiger partial charge in [0, 0.05) is 16.1 Å². The fourth-order valence-electron chi connectivity index (χ4n) is 1.23. The third kappa shape index (κ3) is 4.09. The molecule has 0 aliphatic rings. The lowest BCUT2D eigenvalue weighted by Crippen LogP contribution is -2.31. The van der Waals surface area contributed by atoms with Gasteiger partial charge in [-0.15, -0.1) is 0 Å². The minimum atomic E-state index is -4.29. The number of alkyl halides is 3. The Morgan fingerprint density at radius 3 is 2.50 bits per heavy atom. The second kappa shape index (κ2) is 5.14. The van der Waals surface area contributed by atoms with Crippen molar-refractivity contribution >= 4 is 15.9 Å². The fourth-order valence-corrected chi connectivity index (χ4v) is 1.56. The summed E-state index contributed by atoms with van der Waals surface area (Å²) >= 11 is 3.08. The number of halogens is 5. The van der Waals surface area contributed by atoms with E-state index >= 15 is 0 Å². The summed E-state index contributed by atoms with van der Waals surface area (Å²) in [6.07, 6.45) is -4.29. The van der Waals surface area contributed by atoms with E-state index < -0.39 is 24.6 Å². The molecule has 0 aliphatic carbocycles. The fraction of sp³-hybridized carbons (Fsp3) is 0.400. The quantitative estimate of drug-likeness (QED) is 0.837. The van der Waals surface area contributed by atoms with Crippen LogP contribution in [-0.2, 0) is 0 Å². The van der Waals surface area contributed by atoms with Gasteiger partial charge in [0.1, 0.15) is 5.82 Å². The maximum Gasteiger partial charge on any atom is 0.401 e. The van der Waals surface area contributed by atoms with Gasteiger partial charge in [0.15, 0.2) is 0 Å². The van der Waals surface area contributed by atoms with Crippen molar-refractivity contribution < 1.29 is 17.6 Å². The molecule has 6 heteroatoms. The maximum atomic E-state index is 13.4. The summed E-state index contributed by atoms with van der Waals surface area (Å²) in [5, 5.41) is 2.22. The zero-order chi connectivity index (χ0) is 12.3. The zero-order valence-electron chi connectivity index (χ0n) is 8.41. The molecule has 1 atom stereocenters. The summed E-state index contributed by atoms with van der Waals surface area (Å²) in [4.78, 5) is 0. The normalized spacial score (nSPS) is 13.9. The number of nitrogens with one attached hydrogen (secondary N) is 1. The van der Waals surface area contributed by atoms with Gasteiger partial charge < -0.3 is 5.32 Å². The molecule has 0 aliphatic heterocycles. The molecule has 1 unspecified atom stereocenters. The lowest BCUT2D eigenvalue weighted by atomic mass is 10.1. The highest BCUT2D eigenvalue weighted by atomic mass is 79.9. The van der Waals surface area contributed by atoms with Crippen LogP contribution in [0.25, 0.3) is 0 Å². The molecule has 1 rings (SSSR count). The summed E-state index contributed by atoms with van der Waals surface area (Å²) in [7, 11) is 0. The van der Waals surface area contributed by atoms with E-state index in [4.69, 9.17) is 0 Å². The predicted octanol–water partition coefficient (Wildman–Crippen LogP) is 3.80. The standard InChI is InChI=1S/C10H10BrF4N/c1-6(16-5-10(13,14)15)8-3-2-7(11)4-9(8)12/h2-4,6,16H,5H2,1H3. The zero-order valence-corrected chi connectivity index (χ0v) is 9.99. The number of benzene rings is 1. The van der Waals surface area contributed by atoms with Gasteiger partial charge in [-0.25, -0.2) is 4.39 Å². The Kier molecular flexibility index (Phi) is 4.32. The third-order valence-electron chi connectivity index (χ3n) is 2.04. The largest absolute Gasteiger partial charge is 0.401 e. The molecule has 16 heavy (non-hydrogen) atoms. The second-order valence-electron chi connectivity index (χ2n) is 3.38. The van der Waals surface area contributed by atoms with Gasteiger partial charge in [-0.2, -0.15) is 13.2 Å². The first-order valence-corrected chi connectivity index (χ1v) is 5.34. The van der Waals surface area contributed by atoms with Crippen LogP contribution in [0.1, 0.15) is 18.5 Å². The van der Waals surface area contributed by atoms with Crippen LogP contribution in [0.5, 0.6) is 0 Å². The number of hydrogen-bond donors (Lipinski definition) is 1. The topological polar surface area (TPSA) is 12.0 Å². The molecular formula is C10H10BrF4N. The highest BCUT2D eigenvalue weighted by Gasteiger charge is 2.27. The van der Waals surface area contributed by atoms with Gasteiger partial charge in [-0.3, -0.25) is 0 Å². The lowest BCUT2D eigenvalue weighted by molar-refractivity contribution is -0.126. The van der Waals surface area contributed by atoms with Crippen molar-refractivity contribution in [1.82, 2.24) is 5.32 Å². The smallest absolute Gasteiger partial charge is 0.302 e. The molecule has 0 saturated heterocycles. The van der Waals surface area contributed by atoms with Gasteiger partial charge in [0.2, 0.25) is 0 Å². The van der Waals surface area contributed by atoms with Crippen LogP contribution in [0.3, 0.4) is 0 Å². The monoisotopic (exact) mass is 299 g/mol. The highest BCUT2D eigenvalue weighted by Crippen LogP contribution is 2.22. The average molecular weight is 300 g/mol. The predicted molar refractivity (Wildman–Crippen MR) is 56.6 cm³/mol. The maximum absolute atomic E-state index is 13.4. The Bertz CT molecular complexity index is 364. The van der Waals surface area contributed by atoms with E-state index in [9.17, 15) is 17.6 Å². The minimum Gasteiger partial charge on any atom is -0.302 e. The van der Waals surface area contributed by atoms with Crippen LogP contribution in [-0.4, -0.2) is 12.7 Å². The molecule has 0 radical (unpaired) electrons. The van der Waals surface area contributed by atoms with Crippen LogP contribution >= 0.6 is 15.9 Å². The van der Waals surface area contributed by atoms with Crippen molar-refractivity contribution in [3.05, 3.63) is 34.1 Å². The van der Waals surface area contributed by atoms with E-state index in [2.05, 4.69) is 21.2 Å². The molecule has 0 aromatic heterocycles. The van der Waals surface area contributed by atoms with Crippen molar-refractivity contribution in [2.24, 2.45) is 0 Å². The van der Waals surface area contributed by atoms with Gasteiger partial charge in [0.25, 0.3) is 0 Å². The molecule has 0 bridgehead atoms. The van der Waals surface area contributed by atoms with Crippen molar-refractivity contribution in [1.29, 1.82) is 0 Å². The Morgan fingerprint density at radius 2 is 2.00 bits per heavy atom. The van der Waals surface area contributed by atoms with Crippen LogP contribution in [0.15, 0.2) is 22.7 Å². The van der Waals surface area contributed by atoms with E-state index in [0.29, 0.717) is 4.47 Å². The summed E-state index contributed by atoms with van der Waals surface area (Å²) in [6.45, 7) is 0.349. The summed E-state index contributed by atoms with van der Waals surface area (Å²) < 4.78 is 49.7. The first-order valence-electron chi connectivity index (χ1n) is 4.54. The molecule has 0 amide bonds. The molecule has 90 valence electrons. The Labute approximate surface area is 99.0 Å². The SMILES string of the molecule is CC(NCC(F)(F)F)c1ccc(Br)cc1F. The number of rotatable bonds is 3. The number of hydrogen-bond acceptors (Lipinski definition) is 1. The van der Waals surface area contributed by atoms with E-state index in [-0.39, 0.29) is 5.56 Å². The molecule has 0 fully saturated rings. The summed E-state index contributed by atoms with van der Waals surface area (Å²) in [5.41, 5.74) is 0.215. The Morgan fingerprint density at radius 1 is 1.38 bits per heavy atom. The molecule has 0 saturated carbocycles. The van der Waals surface area contributed by atoms with Crippen molar-refractivity contribution in [2.45, 2.75) is 19.1 Å². The van der Waals surface area contributed by atoms with Gasteiger partial charge in [0.05, 0.1) is 6.54 Å². The van der Waals surface area contributed by atoms with Crippen LogP contribution in [0.2, 0.25) is 0 Å². The van der Waals surface area contributed by atoms with Crippen molar-refractivity contribution in [3.8, 4) is 0 Å². The molecule has 0 heterocycles. The average Bonchev–Trinajstić information content (AvgIpc) is 2.13. The Balaban J connectivity index is 2.70. The molecule has 1 nitrogen and oxygen atoms in total. The second-order valence-corrected chi connectivity index (χ2v) is 4.30. The summed E-state index contributed by atoms with van der Waals surface area (Å²) in [6, 6.07) is 3.58. The van der Waals surface area contributed by atoms with Crippen LogP contribution < -0.4 is 5.32 Å². The molecule has 0 spiro atoms. The lowest BCUT2D eigenvalue weighted by Gasteiger charge is -2.16. The highest BCUT2D eigenvalue weighted by molar-refractivity contribution is 9.10. The van der Waals surface area contributed by atoms with E-state index in [0.717, 1.165) is 0 Å². The van der Waals surface area contributed by atoms with Crippen molar-refractivity contribution in [3.63, 3.8) is 0 Å². The van der Waals surface area contributed by atoms with E-state index in [1.54, 1.807) is 6.07 Å². The van der Waals surface area contributed by atoms with E-state index in [1.807, 2.05) is 0 Å². The first kappa shape index (κ1) is 13.4. The molecule has 1 N–H and O–H groups in total. The van der Waals surface area contributed by atoms with Crippen LogP contribution in [0.4, 0.5) is 17.6 Å². The molecule has 1 aromatic rings. The van der Waals surface area contributed by atoms with Crippen LogP contribution in [0, 0.1) is 5.82 Å². The first-order chi connectivity index (χ1) is 7.29. The summed E-state index contributed by atoms with van der Waals surface area (Å²) in [5.74, 6) is -0.531. The van der Waals surface area contributed by atoms with Crippen molar-refractivity contribution in [2.75, 3.05) is 6.54 Å². The molecular weight excluding hydrogens is 290 g/mol. The third-order valence-corrected chi connectivity index (χ3v) is 2.53. The minimum absolute atomic E-state index is 0.215. The van der Waals surface area contributed by atoms with Gasteiger partial charge in [-0.05, 0) is 19.1 Å².